The molecule has 0 bridgehead atoms. The van der Waals surface area contributed by atoms with Crippen molar-refractivity contribution < 1.29 is 31.8 Å². The second-order valence-electron chi connectivity index (χ2n) is 11.1. The van der Waals surface area contributed by atoms with Gasteiger partial charge in [-0.05, 0) is 75.1 Å². The third kappa shape index (κ3) is 5.97. The lowest BCUT2D eigenvalue weighted by molar-refractivity contribution is -0.166. The number of hydrogen-bond donors (Lipinski definition) is 1. The first-order valence-electron chi connectivity index (χ1n) is 13.5. The van der Waals surface area contributed by atoms with Gasteiger partial charge in [0.2, 0.25) is 0 Å². The molecule has 0 spiro atoms. The van der Waals surface area contributed by atoms with E-state index in [2.05, 4.69) is 22.0 Å². The first-order valence-corrected chi connectivity index (χ1v) is 13.5. The van der Waals surface area contributed by atoms with Gasteiger partial charge in [-0.15, -0.1) is 0 Å². The number of hydrogen-bond acceptors (Lipinski definition) is 5. The van der Waals surface area contributed by atoms with Crippen LogP contribution in [0.25, 0.3) is 0 Å². The minimum atomic E-state index is -4.65. The summed E-state index contributed by atoms with van der Waals surface area (Å²) in [7, 11) is 0. The van der Waals surface area contributed by atoms with Gasteiger partial charge in [0.15, 0.2) is 0 Å². The average molecular weight is 528 g/mol. The number of rotatable bonds is 6. The zero-order chi connectivity index (χ0) is 26.2. The summed E-state index contributed by atoms with van der Waals surface area (Å²) in [5.74, 6) is -1.15. The lowest BCUT2D eigenvalue weighted by atomic mass is 9.85. The molecule has 1 amide bonds. The van der Waals surface area contributed by atoms with E-state index in [4.69, 9.17) is 9.47 Å². The van der Waals surface area contributed by atoms with Crippen LogP contribution in [-0.4, -0.2) is 78.9 Å². The van der Waals surface area contributed by atoms with E-state index in [-0.39, 0.29) is 30.0 Å². The highest BCUT2D eigenvalue weighted by Crippen LogP contribution is 2.47. The minimum Gasteiger partial charge on any atom is -0.381 e. The fraction of sp³-hybridized carbons (Fsp3) is 0.741. The van der Waals surface area contributed by atoms with E-state index in [1.807, 2.05) is 0 Å². The lowest BCUT2D eigenvalue weighted by Gasteiger charge is -2.49. The van der Waals surface area contributed by atoms with Crippen LogP contribution in [0.3, 0.4) is 0 Å². The van der Waals surface area contributed by atoms with Gasteiger partial charge in [0.1, 0.15) is 11.4 Å². The maximum absolute atomic E-state index is 13.8. The second kappa shape index (κ2) is 10.8. The van der Waals surface area contributed by atoms with E-state index in [0.717, 1.165) is 77.1 Å². The maximum Gasteiger partial charge on any atom is 0.416 e. The highest BCUT2D eigenvalue weighted by atomic mass is 19.4. The zero-order valence-electron chi connectivity index (χ0n) is 21.4. The van der Waals surface area contributed by atoms with E-state index in [1.54, 1.807) is 0 Å². The van der Waals surface area contributed by atoms with Crippen molar-refractivity contribution in [2.75, 3.05) is 39.5 Å². The molecule has 37 heavy (non-hydrogen) atoms. The molecule has 0 radical (unpaired) electrons. The van der Waals surface area contributed by atoms with Crippen molar-refractivity contribution in [2.45, 2.75) is 81.9 Å². The molecule has 0 unspecified atom stereocenters. The van der Waals surface area contributed by atoms with Crippen molar-refractivity contribution in [2.24, 2.45) is 5.92 Å². The SMILES string of the molecule is C[C@H]1CN([C@@H]2CC[C@@](C(=O)NCc3cc(F)cc(C(F)(F)F)c3)(C3CC3)OC2)CCN1C1CCOCC1. The number of carbonyl (C=O) groups excluding carboxylic acids is 1. The molecule has 1 aliphatic carbocycles. The van der Waals surface area contributed by atoms with E-state index in [0.29, 0.717) is 31.2 Å². The van der Waals surface area contributed by atoms with Gasteiger partial charge in [0, 0.05) is 57.5 Å². The molecule has 3 saturated heterocycles. The molecule has 4 aliphatic rings. The molecule has 1 aromatic rings. The molecule has 6 nitrogen and oxygen atoms in total. The van der Waals surface area contributed by atoms with Crippen LogP contribution in [-0.2, 0) is 27.0 Å². The van der Waals surface area contributed by atoms with Crippen LogP contribution in [0, 0.1) is 11.7 Å². The Kier molecular flexibility index (Phi) is 7.82. The van der Waals surface area contributed by atoms with Crippen LogP contribution in [0.4, 0.5) is 17.6 Å². The number of amides is 1. The third-order valence-electron chi connectivity index (χ3n) is 8.63. The summed E-state index contributed by atoms with van der Waals surface area (Å²) in [6.07, 6.45) is 0.747. The van der Waals surface area contributed by atoms with Gasteiger partial charge in [-0.3, -0.25) is 14.6 Å². The Labute approximate surface area is 215 Å². The van der Waals surface area contributed by atoms with Crippen LogP contribution in [0.5, 0.6) is 0 Å². The Hall–Kier alpha value is -1.75. The van der Waals surface area contributed by atoms with Crippen molar-refractivity contribution in [1.29, 1.82) is 0 Å². The Morgan fingerprint density at radius 3 is 2.46 bits per heavy atom. The molecule has 3 aliphatic heterocycles. The summed E-state index contributed by atoms with van der Waals surface area (Å²) in [5.41, 5.74) is -1.93. The van der Waals surface area contributed by atoms with Gasteiger partial charge in [-0.2, -0.15) is 13.2 Å². The first-order chi connectivity index (χ1) is 17.7. The topological polar surface area (TPSA) is 54.0 Å². The Bertz CT molecular complexity index is 957. The predicted molar refractivity (Wildman–Crippen MR) is 129 cm³/mol. The highest BCUT2D eigenvalue weighted by molar-refractivity contribution is 5.86. The standard InChI is InChI=1S/C27H37F4N3O3/c1-18-16-33(8-9-34(18)23-5-10-36-11-6-23)24-4-7-26(37-17-24,20-2-3-20)25(35)32-15-19-12-21(27(29,30)31)14-22(28)13-19/h12-14,18,20,23-24H,2-11,15-17H2,1H3,(H,32,35)/t18-,24+,26-/m0/s1. The number of benzene rings is 1. The molecule has 1 saturated carbocycles. The second-order valence-corrected chi connectivity index (χ2v) is 11.1. The van der Waals surface area contributed by atoms with Crippen molar-refractivity contribution in [3.05, 3.63) is 35.1 Å². The molecule has 1 N–H and O–H groups in total. The summed E-state index contributed by atoms with van der Waals surface area (Å²) in [5, 5.41) is 2.75. The molecule has 3 atom stereocenters. The first kappa shape index (κ1) is 26.8. The van der Waals surface area contributed by atoms with Crippen LogP contribution in [0.1, 0.15) is 56.6 Å². The quantitative estimate of drug-likeness (QED) is 0.568. The van der Waals surface area contributed by atoms with E-state index < -0.39 is 23.2 Å². The van der Waals surface area contributed by atoms with Gasteiger partial charge in [0.05, 0.1) is 12.2 Å². The lowest BCUT2D eigenvalue weighted by Crippen LogP contribution is -2.62. The maximum atomic E-state index is 13.8. The smallest absolute Gasteiger partial charge is 0.381 e. The Morgan fingerprint density at radius 2 is 1.84 bits per heavy atom. The third-order valence-corrected chi connectivity index (χ3v) is 8.63. The molecule has 5 rings (SSSR count). The fourth-order valence-electron chi connectivity index (χ4n) is 6.44. The monoisotopic (exact) mass is 527 g/mol. The number of alkyl halides is 3. The van der Waals surface area contributed by atoms with E-state index in [9.17, 15) is 22.4 Å². The number of piperazine rings is 1. The van der Waals surface area contributed by atoms with Crippen molar-refractivity contribution in [3.8, 4) is 0 Å². The van der Waals surface area contributed by atoms with Crippen molar-refractivity contribution in [1.82, 2.24) is 15.1 Å². The molecular weight excluding hydrogens is 490 g/mol. The number of halogens is 4. The van der Waals surface area contributed by atoms with Crippen molar-refractivity contribution >= 4 is 5.91 Å². The van der Waals surface area contributed by atoms with Gasteiger partial charge in [0.25, 0.3) is 5.91 Å². The van der Waals surface area contributed by atoms with Gasteiger partial charge in [-0.25, -0.2) is 4.39 Å². The van der Waals surface area contributed by atoms with Crippen LogP contribution >= 0.6 is 0 Å². The highest BCUT2D eigenvalue weighted by Gasteiger charge is 2.54. The van der Waals surface area contributed by atoms with Gasteiger partial charge < -0.3 is 14.8 Å². The molecule has 4 fully saturated rings. The molecule has 1 aromatic carbocycles. The summed E-state index contributed by atoms with van der Waals surface area (Å²) in [4.78, 5) is 18.4. The molecule has 10 heteroatoms. The molecule has 3 heterocycles. The van der Waals surface area contributed by atoms with E-state index in [1.165, 1.54) is 0 Å². The number of nitrogens with zero attached hydrogens (tertiary/aromatic N) is 2. The zero-order valence-corrected chi connectivity index (χ0v) is 21.4. The summed E-state index contributed by atoms with van der Waals surface area (Å²) in [6, 6.07) is 3.65. The summed E-state index contributed by atoms with van der Waals surface area (Å²) in [6.45, 7) is 7.20. The normalized spacial score (nSPS) is 30.8. The summed E-state index contributed by atoms with van der Waals surface area (Å²) >= 11 is 0. The Morgan fingerprint density at radius 1 is 1.08 bits per heavy atom. The predicted octanol–water partition coefficient (Wildman–Crippen LogP) is 3.97. The van der Waals surface area contributed by atoms with Crippen LogP contribution in [0.2, 0.25) is 0 Å². The molecule has 0 aromatic heterocycles. The minimum absolute atomic E-state index is 0.0803. The van der Waals surface area contributed by atoms with Crippen LogP contribution < -0.4 is 5.32 Å². The van der Waals surface area contributed by atoms with Crippen LogP contribution in [0.15, 0.2) is 18.2 Å². The number of carbonyl (C=O) groups is 1. The van der Waals surface area contributed by atoms with Gasteiger partial charge in [-0.1, -0.05) is 0 Å². The van der Waals surface area contributed by atoms with Crippen molar-refractivity contribution in [3.63, 3.8) is 0 Å². The molecular formula is C27H37F4N3O3. The van der Waals surface area contributed by atoms with Gasteiger partial charge >= 0.3 is 6.18 Å². The number of nitrogens with one attached hydrogen (secondary N) is 1. The van der Waals surface area contributed by atoms with E-state index >= 15 is 0 Å². The Balaban J connectivity index is 1.17. The molecule has 206 valence electrons. The fourth-order valence-corrected chi connectivity index (χ4v) is 6.44. The summed E-state index contributed by atoms with van der Waals surface area (Å²) < 4.78 is 64.8. The largest absolute Gasteiger partial charge is 0.416 e. The average Bonchev–Trinajstić information content (AvgIpc) is 3.73. The number of ether oxygens (including phenoxy) is 2.